The third kappa shape index (κ3) is 4.37. The summed E-state index contributed by atoms with van der Waals surface area (Å²) in [7, 11) is 0. The molecule has 5 N–H and O–H groups in total. The van der Waals surface area contributed by atoms with Crippen LogP contribution >= 0.6 is 0 Å². The fraction of sp³-hybridized carbons (Fsp3) is 0.909. The van der Waals surface area contributed by atoms with Gasteiger partial charge in [0.2, 0.25) is 0 Å². The molecular weight excluding hydrogens is 206 g/mol. The lowest BCUT2D eigenvalue weighted by Crippen LogP contribution is -2.39. The largest absolute Gasteiger partial charge is 0.409 e. The topological polar surface area (TPSA) is 90.9 Å². The highest BCUT2D eigenvalue weighted by Gasteiger charge is 2.23. The van der Waals surface area contributed by atoms with Gasteiger partial charge in [0.05, 0.1) is 6.10 Å². The summed E-state index contributed by atoms with van der Waals surface area (Å²) in [6, 6.07) is 0.171. The highest BCUT2D eigenvalue weighted by atomic mass is 16.4. The fourth-order valence-corrected chi connectivity index (χ4v) is 2.21. The third-order valence-electron chi connectivity index (χ3n) is 3.24. The van der Waals surface area contributed by atoms with Gasteiger partial charge >= 0.3 is 0 Å². The van der Waals surface area contributed by atoms with Crippen LogP contribution < -0.4 is 11.1 Å². The van der Waals surface area contributed by atoms with E-state index in [1.807, 2.05) is 6.92 Å². The molecule has 0 amide bonds. The average Bonchev–Trinajstić information content (AvgIpc) is 2.28. The summed E-state index contributed by atoms with van der Waals surface area (Å²) >= 11 is 0. The highest BCUT2D eigenvalue weighted by molar-refractivity contribution is 5.80. The fourth-order valence-electron chi connectivity index (χ4n) is 2.21. The maximum absolute atomic E-state index is 9.78. The summed E-state index contributed by atoms with van der Waals surface area (Å²) in [4.78, 5) is 0. The normalized spacial score (nSPS) is 29.0. The summed E-state index contributed by atoms with van der Waals surface area (Å²) in [5.41, 5.74) is 5.42. The zero-order chi connectivity index (χ0) is 12.0. The van der Waals surface area contributed by atoms with E-state index in [9.17, 15) is 5.11 Å². The van der Waals surface area contributed by atoms with E-state index in [0.717, 1.165) is 25.8 Å². The number of nitrogens with two attached hydrogens (primary N) is 1. The van der Waals surface area contributed by atoms with Gasteiger partial charge in [0.15, 0.2) is 0 Å². The van der Waals surface area contributed by atoms with Crippen molar-refractivity contribution in [3.05, 3.63) is 0 Å². The van der Waals surface area contributed by atoms with Crippen molar-refractivity contribution in [1.82, 2.24) is 5.32 Å². The summed E-state index contributed by atoms with van der Waals surface area (Å²) in [5, 5.41) is 24.5. The van der Waals surface area contributed by atoms with Crippen LogP contribution in [0.25, 0.3) is 0 Å². The summed E-state index contributed by atoms with van der Waals surface area (Å²) in [6.07, 6.45) is 4.71. The number of nitrogens with zero attached hydrogens (tertiary/aromatic N) is 1. The molecule has 0 saturated heterocycles. The standard InChI is InChI=1S/C11H23N3O2/c1-8(6-11(12)14-16)13-7-9-4-2-3-5-10(9)15/h8-10,13,15-16H,2-7H2,1H3,(H2,12,14). The van der Waals surface area contributed by atoms with E-state index in [1.54, 1.807) is 0 Å². The van der Waals surface area contributed by atoms with E-state index >= 15 is 0 Å². The molecule has 0 heterocycles. The van der Waals surface area contributed by atoms with Crippen LogP contribution in [0.1, 0.15) is 39.0 Å². The van der Waals surface area contributed by atoms with E-state index in [1.165, 1.54) is 6.42 Å². The van der Waals surface area contributed by atoms with Gasteiger partial charge in [-0.1, -0.05) is 18.0 Å². The Kier molecular flexibility index (Phi) is 5.55. The molecule has 0 aromatic rings. The average molecular weight is 229 g/mol. The van der Waals surface area contributed by atoms with Crippen molar-refractivity contribution in [3.8, 4) is 0 Å². The van der Waals surface area contributed by atoms with Gasteiger partial charge in [-0.25, -0.2) is 0 Å². The minimum absolute atomic E-state index is 0.169. The Morgan fingerprint density at radius 2 is 2.19 bits per heavy atom. The number of aliphatic hydroxyl groups excluding tert-OH is 1. The van der Waals surface area contributed by atoms with Crippen LogP contribution in [0.3, 0.4) is 0 Å². The van der Waals surface area contributed by atoms with Crippen LogP contribution in [-0.4, -0.2) is 34.8 Å². The molecule has 0 aliphatic heterocycles. The first-order valence-corrected chi connectivity index (χ1v) is 6.01. The van der Waals surface area contributed by atoms with E-state index in [-0.39, 0.29) is 18.0 Å². The molecule has 1 aliphatic rings. The lowest BCUT2D eigenvalue weighted by atomic mass is 9.86. The Morgan fingerprint density at radius 3 is 2.81 bits per heavy atom. The van der Waals surface area contributed by atoms with Crippen LogP contribution in [0.4, 0.5) is 0 Å². The maximum atomic E-state index is 9.78. The molecule has 0 radical (unpaired) electrons. The first-order valence-electron chi connectivity index (χ1n) is 6.01. The molecule has 0 bridgehead atoms. The van der Waals surface area contributed by atoms with Crippen molar-refractivity contribution < 1.29 is 10.3 Å². The lowest BCUT2D eigenvalue weighted by molar-refractivity contribution is 0.0685. The summed E-state index contributed by atoms with van der Waals surface area (Å²) in [6.45, 7) is 2.80. The molecule has 0 spiro atoms. The molecule has 16 heavy (non-hydrogen) atoms. The van der Waals surface area contributed by atoms with Gasteiger partial charge < -0.3 is 21.4 Å². The van der Waals surface area contributed by atoms with E-state index in [0.29, 0.717) is 12.3 Å². The van der Waals surface area contributed by atoms with E-state index in [4.69, 9.17) is 10.9 Å². The Morgan fingerprint density at radius 1 is 1.50 bits per heavy atom. The molecule has 1 rings (SSSR count). The number of hydrogen-bond donors (Lipinski definition) is 4. The molecule has 5 heteroatoms. The zero-order valence-corrected chi connectivity index (χ0v) is 9.89. The first-order chi connectivity index (χ1) is 7.63. The zero-order valence-electron chi connectivity index (χ0n) is 9.89. The predicted molar refractivity (Wildman–Crippen MR) is 63.5 cm³/mol. The van der Waals surface area contributed by atoms with Crippen LogP contribution in [-0.2, 0) is 0 Å². The van der Waals surface area contributed by atoms with Crippen LogP contribution in [0, 0.1) is 5.92 Å². The molecule has 94 valence electrons. The second kappa shape index (κ2) is 6.70. The number of oxime groups is 1. The Hall–Kier alpha value is -0.810. The number of rotatable bonds is 5. The maximum Gasteiger partial charge on any atom is 0.140 e. The molecule has 0 aromatic carbocycles. The van der Waals surface area contributed by atoms with Crippen molar-refractivity contribution >= 4 is 5.84 Å². The number of aliphatic hydroxyl groups is 1. The molecule has 0 aromatic heterocycles. The number of amidine groups is 1. The molecular formula is C11H23N3O2. The molecule has 1 aliphatic carbocycles. The minimum Gasteiger partial charge on any atom is -0.409 e. The van der Waals surface area contributed by atoms with Gasteiger partial charge in [-0.3, -0.25) is 0 Å². The molecule has 1 fully saturated rings. The Bertz CT molecular complexity index is 233. The smallest absolute Gasteiger partial charge is 0.140 e. The molecule has 1 saturated carbocycles. The SMILES string of the molecule is CC(CC(N)=NO)NCC1CCCCC1O. The third-order valence-corrected chi connectivity index (χ3v) is 3.24. The first kappa shape index (κ1) is 13.3. The number of hydrogen-bond acceptors (Lipinski definition) is 4. The van der Waals surface area contributed by atoms with Crippen LogP contribution in [0.2, 0.25) is 0 Å². The Balaban J connectivity index is 2.22. The van der Waals surface area contributed by atoms with Crippen LogP contribution in [0.5, 0.6) is 0 Å². The highest BCUT2D eigenvalue weighted by Crippen LogP contribution is 2.23. The van der Waals surface area contributed by atoms with Crippen molar-refractivity contribution in [2.24, 2.45) is 16.8 Å². The second-order valence-electron chi connectivity index (χ2n) is 4.72. The molecule has 3 atom stereocenters. The van der Waals surface area contributed by atoms with E-state index < -0.39 is 0 Å². The van der Waals surface area contributed by atoms with Crippen LogP contribution in [0.15, 0.2) is 5.16 Å². The van der Waals surface area contributed by atoms with Crippen molar-refractivity contribution in [2.45, 2.75) is 51.2 Å². The van der Waals surface area contributed by atoms with E-state index in [2.05, 4.69) is 10.5 Å². The molecule has 3 unspecified atom stereocenters. The van der Waals surface area contributed by atoms with Gasteiger partial charge in [-0.2, -0.15) is 0 Å². The lowest BCUT2D eigenvalue weighted by Gasteiger charge is -2.28. The summed E-state index contributed by atoms with van der Waals surface area (Å²) < 4.78 is 0. The molecule has 5 nitrogen and oxygen atoms in total. The van der Waals surface area contributed by atoms with Gasteiger partial charge in [0.25, 0.3) is 0 Å². The Labute approximate surface area is 96.7 Å². The predicted octanol–water partition coefficient (Wildman–Crippen LogP) is 0.652. The monoisotopic (exact) mass is 229 g/mol. The minimum atomic E-state index is -0.169. The van der Waals surface area contributed by atoms with Crippen molar-refractivity contribution in [1.29, 1.82) is 0 Å². The summed E-state index contributed by atoms with van der Waals surface area (Å²) in [5.74, 6) is 0.590. The van der Waals surface area contributed by atoms with Gasteiger partial charge in [0.1, 0.15) is 5.84 Å². The second-order valence-corrected chi connectivity index (χ2v) is 4.72. The van der Waals surface area contributed by atoms with Crippen molar-refractivity contribution in [3.63, 3.8) is 0 Å². The van der Waals surface area contributed by atoms with Gasteiger partial charge in [-0.15, -0.1) is 0 Å². The number of nitrogens with one attached hydrogen (secondary N) is 1. The van der Waals surface area contributed by atoms with Crippen molar-refractivity contribution in [2.75, 3.05) is 6.54 Å². The van der Waals surface area contributed by atoms with Gasteiger partial charge in [-0.05, 0) is 25.7 Å². The quantitative estimate of drug-likeness (QED) is 0.241. The van der Waals surface area contributed by atoms with Gasteiger partial charge in [0, 0.05) is 19.0 Å².